The lowest BCUT2D eigenvalue weighted by Crippen LogP contribution is -2.61. The van der Waals surface area contributed by atoms with Gasteiger partial charge < -0.3 is 66.4 Å². The summed E-state index contributed by atoms with van der Waals surface area (Å²) in [6.07, 6.45) is 14.4. The Morgan fingerprint density at radius 1 is 0.519 bits per heavy atom. The van der Waals surface area contributed by atoms with E-state index in [4.69, 9.17) is 20.2 Å². The second-order valence-electron chi connectivity index (χ2n) is 40.6. The molecule has 0 bridgehead atoms. The summed E-state index contributed by atoms with van der Waals surface area (Å²) >= 11 is 3.15. The number of rotatable bonds is 23. The van der Waals surface area contributed by atoms with Crippen molar-refractivity contribution in [2.45, 2.75) is 247 Å². The first-order chi connectivity index (χ1) is 61.1. The van der Waals surface area contributed by atoms with Crippen LogP contribution in [0.3, 0.4) is 0 Å². The molecule has 3 saturated heterocycles. The van der Waals surface area contributed by atoms with Crippen molar-refractivity contribution in [2.24, 2.45) is 62.6 Å². The number of ketones is 1. The van der Waals surface area contributed by atoms with Crippen LogP contribution in [-0.2, 0) is 67.5 Å². The van der Waals surface area contributed by atoms with Crippen molar-refractivity contribution in [3.63, 3.8) is 0 Å². The molecule has 7 aliphatic carbocycles. The first-order valence-electron chi connectivity index (χ1n) is 45.4. The fraction of sp³-hybridized carbons (Fsp3) is 0.573. The number of β-amino-alcohol motifs (C(OH)–C–C–N with tert-alkyl or cyclic N) is 2. The number of aliphatic carboxylic acids is 3. The van der Waals surface area contributed by atoms with Crippen LogP contribution in [0.2, 0.25) is 0 Å². The standard InChI is InChI=1S/C56H68N10O7S.C31H40N4O6S.C9H12O4/c1-32-43-29-58-45(61-49(43)66(40-9-7-8-10-40)53(72)46(32)34(3)67)21-39-15-16-41(28-57-39)63-17-19-64(20-18-63)52(71)38-25-56(26-38)23-37(24-56)50(69)62-48(55(4,5)6)54(73)65-30-42(68)22-44(65)51(70)59-27-35-11-13-36(14-12-35)47-33(2)60-31-74-47;1-17-24(42-16-33-17)19-7-5-18(6-8-19)14-32-27(38)23-9-22(36)15-35(23)28(39)25(30(2,3)4)34-26(37)20-10-31(11-20)12-21(13-31)29(40)41;10-7(11)5-1-9(2-5)3-6(4-9)8(12)13/h11-16,28-29,31,37-38,40,42,44,48,68H,7-10,17-27,30H2,1-6H3,(H,59,70)(H,62,69);5-8,16,20-23,25,36H,9-15H2,1-4H3,(H,32,38)(H,34,37)(H,40,41);5-6H,1-4H2,(H,10,11)(H,12,13)/t37?,38?,42-,44+,48-,56?;20?,21?,22?,23-,25+,31?;/m10./s1. The highest BCUT2D eigenvalue weighted by Crippen LogP contribution is 2.64. The molecule has 10 aliphatic rings. The van der Waals surface area contributed by atoms with Crippen LogP contribution < -0.4 is 31.7 Å². The van der Waals surface area contributed by atoms with Crippen molar-refractivity contribution in [1.82, 2.24) is 65.5 Å². The Morgan fingerprint density at radius 3 is 1.32 bits per heavy atom. The molecule has 129 heavy (non-hydrogen) atoms. The van der Waals surface area contributed by atoms with Gasteiger partial charge in [0, 0.05) is 106 Å². The van der Waals surface area contributed by atoms with Crippen LogP contribution >= 0.6 is 22.7 Å². The van der Waals surface area contributed by atoms with Crippen LogP contribution in [0.25, 0.3) is 31.9 Å². The molecule has 5 aromatic heterocycles. The number of carbonyl (C=O) groups excluding carboxylic acids is 8. The Kier molecular flexibility index (Phi) is 26.8. The van der Waals surface area contributed by atoms with Crippen LogP contribution in [0.4, 0.5) is 5.69 Å². The number of piperazine rings is 1. The number of likely N-dealkylation sites (tertiary alicyclic amines) is 2. The van der Waals surface area contributed by atoms with E-state index in [1.54, 1.807) is 40.4 Å². The molecule has 3 aliphatic heterocycles. The summed E-state index contributed by atoms with van der Waals surface area (Å²) < 4.78 is 1.73. The summed E-state index contributed by atoms with van der Waals surface area (Å²) in [5, 5.41) is 60.2. The number of pyridine rings is 2. The molecule has 688 valence electrons. The maximum Gasteiger partial charge on any atom is 0.306 e. The second-order valence-corrected chi connectivity index (χ2v) is 42.3. The van der Waals surface area contributed by atoms with Gasteiger partial charge >= 0.3 is 17.9 Å². The highest BCUT2D eigenvalue weighted by molar-refractivity contribution is 7.13. The number of carboxylic acid groups (broad SMARTS) is 3. The smallest absolute Gasteiger partial charge is 0.306 e. The third-order valence-corrected chi connectivity index (χ3v) is 31.0. The molecule has 1 unspecified atom stereocenters. The third-order valence-electron chi connectivity index (χ3n) is 29.1. The quantitative estimate of drug-likeness (QED) is 0.0269. The van der Waals surface area contributed by atoms with Gasteiger partial charge in [-0.3, -0.25) is 67.1 Å². The average Bonchev–Trinajstić information content (AvgIpc) is 0.759. The van der Waals surface area contributed by atoms with Gasteiger partial charge in [-0.2, -0.15) is 0 Å². The lowest BCUT2D eigenvalue weighted by molar-refractivity contribution is -0.167. The van der Waals surface area contributed by atoms with Gasteiger partial charge in [-0.05, 0) is 185 Å². The van der Waals surface area contributed by atoms with Crippen LogP contribution in [0.15, 0.2) is 88.9 Å². The molecule has 2 aromatic carbocycles. The lowest BCUT2D eigenvalue weighted by atomic mass is 9.48. The Hall–Kier alpha value is -10.8. The molecule has 7 saturated carbocycles. The van der Waals surface area contributed by atoms with Gasteiger partial charge in [0.1, 0.15) is 35.6 Å². The zero-order valence-electron chi connectivity index (χ0n) is 75.1. The van der Waals surface area contributed by atoms with Gasteiger partial charge in [-0.1, -0.05) is 103 Å². The van der Waals surface area contributed by atoms with Gasteiger partial charge in [-0.25, -0.2) is 19.9 Å². The van der Waals surface area contributed by atoms with Gasteiger partial charge in [0.05, 0.1) is 86.0 Å². The monoisotopic (exact) mass is 1800 g/mol. The highest BCUT2D eigenvalue weighted by Gasteiger charge is 2.60. The number of anilines is 1. The summed E-state index contributed by atoms with van der Waals surface area (Å²) in [6.45, 7) is 21.6. The summed E-state index contributed by atoms with van der Waals surface area (Å²) in [7, 11) is 0. The zero-order valence-corrected chi connectivity index (χ0v) is 76.7. The Morgan fingerprint density at radius 2 is 0.938 bits per heavy atom. The minimum atomic E-state index is -0.902. The summed E-state index contributed by atoms with van der Waals surface area (Å²) in [6, 6.07) is 16.3. The Bertz CT molecular complexity index is 5460. The van der Waals surface area contributed by atoms with E-state index in [9.17, 15) is 72.9 Å². The lowest BCUT2D eigenvalue weighted by Gasteiger charge is -2.57. The van der Waals surface area contributed by atoms with Crippen LogP contribution in [0, 0.1) is 83.4 Å². The molecule has 7 amide bonds. The van der Waals surface area contributed by atoms with Crippen molar-refractivity contribution in [3.8, 4) is 20.9 Å². The van der Waals surface area contributed by atoms with Crippen LogP contribution in [0.5, 0.6) is 0 Å². The van der Waals surface area contributed by atoms with E-state index in [1.807, 2.05) is 138 Å². The summed E-state index contributed by atoms with van der Waals surface area (Å²) in [4.78, 5) is 186. The molecule has 3 spiro atoms. The SMILES string of the molecule is CC(=O)c1c(C)c2cnc(Cc3ccc(N4CCN(C(=O)C5CC6(CC(C(=O)N[C@H](C(=O)N7C[C@H](O)C[C@H]7C(=O)NCc7ccc(-c8scnc8C)cc7)C(C)(C)C)C6)C5)CC4)cn3)nc2n(C2CCCC2)c1=O.Cc1ncsc1-c1ccc(CNC(=O)[C@@H]2CC(O)CN2C(=O)[C@@H](NC(=O)C2CC3(CC(C(=O)O)C3)C2)C(C)(C)C)cc1.O=C(O)C1CC2(C1)CC(C(=O)O)C2. The maximum atomic E-state index is 14.3. The molecule has 33 heteroatoms. The molecule has 9 N–H and O–H groups in total. The number of Topliss-reactive ketones (excluding diaryl/α,β-unsaturated/α-hetero) is 1. The minimum absolute atomic E-state index is 0.00703. The Balaban J connectivity index is 0.000000193. The Labute approximate surface area is 757 Å². The average molecular weight is 1810 g/mol. The topological polar surface area (TPSA) is 436 Å². The first-order valence-corrected chi connectivity index (χ1v) is 47.1. The van der Waals surface area contributed by atoms with E-state index in [-0.39, 0.29) is 155 Å². The number of amides is 7. The van der Waals surface area contributed by atoms with Crippen molar-refractivity contribution >= 4 is 104 Å². The molecular formula is C96H120N14O17S2. The molecule has 17 rings (SSSR count). The number of nitrogens with one attached hydrogen (secondary N) is 4. The molecule has 10 fully saturated rings. The zero-order chi connectivity index (χ0) is 92.3. The van der Waals surface area contributed by atoms with Crippen LogP contribution in [0.1, 0.15) is 220 Å². The number of aliphatic hydroxyl groups is 2. The van der Waals surface area contributed by atoms with E-state index in [0.717, 1.165) is 98.7 Å². The minimum Gasteiger partial charge on any atom is -0.481 e. The van der Waals surface area contributed by atoms with Gasteiger partial charge in [-0.15, -0.1) is 22.7 Å². The largest absolute Gasteiger partial charge is 0.481 e. The fourth-order valence-electron chi connectivity index (χ4n) is 21.7. The summed E-state index contributed by atoms with van der Waals surface area (Å²) in [5.41, 5.74) is 11.1. The number of fused-ring (bicyclic) bond motifs is 1. The van der Waals surface area contributed by atoms with Crippen molar-refractivity contribution < 1.29 is 78.3 Å². The molecule has 8 heterocycles. The van der Waals surface area contributed by atoms with E-state index in [2.05, 4.69) is 41.1 Å². The van der Waals surface area contributed by atoms with Crippen LogP contribution in [-0.4, -0.2) is 210 Å². The van der Waals surface area contributed by atoms with E-state index in [1.165, 1.54) is 16.7 Å². The maximum absolute atomic E-state index is 14.3. The fourth-order valence-corrected chi connectivity index (χ4v) is 23.4. The van der Waals surface area contributed by atoms with E-state index < -0.39 is 65.1 Å². The molecular weight excluding hydrogens is 1690 g/mol. The number of benzene rings is 2. The van der Waals surface area contributed by atoms with Crippen molar-refractivity contribution in [1.29, 1.82) is 0 Å². The molecule has 31 nitrogen and oxygen atoms in total. The van der Waals surface area contributed by atoms with Gasteiger partial charge in [0.25, 0.3) is 5.56 Å². The van der Waals surface area contributed by atoms with Gasteiger partial charge in [0.15, 0.2) is 5.78 Å². The molecule has 7 aromatic rings. The number of thiazole rings is 2. The number of hydrogen-bond donors (Lipinski definition) is 9. The van der Waals surface area contributed by atoms with E-state index in [0.29, 0.717) is 114 Å². The normalized spacial score (nSPS) is 26.7. The van der Waals surface area contributed by atoms with Crippen molar-refractivity contribution in [3.05, 3.63) is 140 Å². The number of aromatic nitrogens is 6. The second kappa shape index (κ2) is 37.2. The first kappa shape index (κ1) is 92.9. The molecule has 0 radical (unpaired) electrons. The predicted molar refractivity (Wildman–Crippen MR) is 482 cm³/mol. The predicted octanol–water partition coefficient (Wildman–Crippen LogP) is 10.2. The van der Waals surface area contributed by atoms with E-state index >= 15 is 0 Å². The molecule has 6 atom stereocenters. The van der Waals surface area contributed by atoms with Gasteiger partial charge in [0.2, 0.25) is 41.4 Å². The highest BCUT2D eigenvalue weighted by atomic mass is 32.1. The number of carbonyl (C=O) groups is 11. The summed E-state index contributed by atoms with van der Waals surface area (Å²) in [5.74, 6) is -4.99. The number of nitrogens with zero attached hydrogens (tertiary/aromatic N) is 10. The van der Waals surface area contributed by atoms with Crippen molar-refractivity contribution in [2.75, 3.05) is 44.2 Å². The number of aryl methyl sites for hydroxylation is 3. The third kappa shape index (κ3) is 20.0. The number of aliphatic hydroxyl groups excluding tert-OH is 2. The number of hydrogen-bond acceptors (Lipinski definition) is 22. The number of carboxylic acids is 3.